The van der Waals surface area contributed by atoms with Gasteiger partial charge in [0.1, 0.15) is 0 Å². The lowest BCUT2D eigenvalue weighted by atomic mass is 9.87. The maximum atomic E-state index is 12.3. The van der Waals surface area contributed by atoms with Crippen LogP contribution in [0.1, 0.15) is 42.5 Å². The predicted molar refractivity (Wildman–Crippen MR) is 92.3 cm³/mol. The molecule has 0 N–H and O–H groups in total. The van der Waals surface area contributed by atoms with Crippen molar-refractivity contribution < 1.29 is 4.79 Å². The highest BCUT2D eigenvalue weighted by Crippen LogP contribution is 2.46. The second kappa shape index (κ2) is 5.73. The Morgan fingerprint density at radius 3 is 2.43 bits per heavy atom. The molecule has 0 aromatic heterocycles. The Labute approximate surface area is 137 Å². The largest absolute Gasteiger partial charge is 0.367 e. The highest BCUT2D eigenvalue weighted by Gasteiger charge is 2.37. The van der Waals surface area contributed by atoms with Crippen LogP contribution in [-0.4, -0.2) is 24.4 Å². The van der Waals surface area contributed by atoms with Crippen molar-refractivity contribution in [3.05, 3.63) is 65.7 Å². The summed E-state index contributed by atoms with van der Waals surface area (Å²) in [6, 6.07) is 19.7. The molecule has 3 heteroatoms. The number of likely N-dealkylation sites (tertiary alicyclic amines) is 1. The molecule has 2 heterocycles. The Kier molecular flexibility index (Phi) is 3.56. The lowest BCUT2D eigenvalue weighted by Gasteiger charge is -2.43. The summed E-state index contributed by atoms with van der Waals surface area (Å²) in [5.41, 5.74) is 3.86. The third-order valence-electron chi connectivity index (χ3n) is 5.26. The fourth-order valence-electron chi connectivity index (χ4n) is 4.08. The Bertz CT molecular complexity index is 713. The zero-order chi connectivity index (χ0) is 15.8. The molecular formula is C20H22N2O. The Balaban J connectivity index is 1.77. The van der Waals surface area contributed by atoms with Crippen LogP contribution < -0.4 is 4.90 Å². The fraction of sp³-hybridized carbons (Fsp3) is 0.350. The Hall–Kier alpha value is -2.29. The summed E-state index contributed by atoms with van der Waals surface area (Å²) >= 11 is 0. The first-order valence-corrected chi connectivity index (χ1v) is 8.42. The summed E-state index contributed by atoms with van der Waals surface area (Å²) in [5.74, 6) is 0.307. The van der Waals surface area contributed by atoms with Crippen LogP contribution in [0.5, 0.6) is 0 Å². The van der Waals surface area contributed by atoms with Gasteiger partial charge in [0.25, 0.3) is 0 Å². The van der Waals surface area contributed by atoms with E-state index in [4.69, 9.17) is 0 Å². The molecule has 2 unspecified atom stereocenters. The molecule has 2 aromatic rings. The van der Waals surface area contributed by atoms with E-state index in [1.165, 1.54) is 16.8 Å². The molecular weight excluding hydrogens is 284 g/mol. The normalized spacial score (nSPS) is 24.0. The van der Waals surface area contributed by atoms with E-state index in [0.29, 0.717) is 18.4 Å². The van der Waals surface area contributed by atoms with Crippen LogP contribution >= 0.6 is 0 Å². The van der Waals surface area contributed by atoms with Crippen LogP contribution in [0.15, 0.2) is 54.6 Å². The highest BCUT2D eigenvalue weighted by molar-refractivity contribution is 5.79. The van der Waals surface area contributed by atoms with Crippen molar-refractivity contribution in [1.29, 1.82) is 0 Å². The third kappa shape index (κ3) is 2.40. The van der Waals surface area contributed by atoms with E-state index in [1.54, 1.807) is 0 Å². The lowest BCUT2D eigenvalue weighted by Crippen LogP contribution is -2.39. The zero-order valence-electron chi connectivity index (χ0n) is 13.5. The number of hydrogen-bond acceptors (Lipinski definition) is 2. The number of benzene rings is 2. The summed E-state index contributed by atoms with van der Waals surface area (Å²) in [6.45, 7) is 0.892. The van der Waals surface area contributed by atoms with Gasteiger partial charge in [-0.3, -0.25) is 4.79 Å². The maximum absolute atomic E-state index is 12.3. The number of rotatable bonds is 2. The van der Waals surface area contributed by atoms with Crippen molar-refractivity contribution in [3.63, 3.8) is 0 Å². The molecule has 3 nitrogen and oxygen atoms in total. The van der Waals surface area contributed by atoms with Gasteiger partial charge in [-0.2, -0.15) is 0 Å². The number of carbonyl (C=O) groups excluding carboxylic acids is 1. The quantitative estimate of drug-likeness (QED) is 0.839. The van der Waals surface area contributed by atoms with Crippen LogP contribution in [0.25, 0.3) is 0 Å². The van der Waals surface area contributed by atoms with Crippen LogP contribution in [0.3, 0.4) is 0 Å². The average molecular weight is 306 g/mol. The van der Waals surface area contributed by atoms with E-state index >= 15 is 0 Å². The molecule has 0 aliphatic carbocycles. The number of anilines is 1. The summed E-state index contributed by atoms with van der Waals surface area (Å²) < 4.78 is 0. The summed E-state index contributed by atoms with van der Waals surface area (Å²) in [6.07, 6.45) is 2.65. The minimum atomic E-state index is 0.197. The minimum Gasteiger partial charge on any atom is -0.367 e. The van der Waals surface area contributed by atoms with Crippen molar-refractivity contribution in [3.8, 4) is 0 Å². The van der Waals surface area contributed by atoms with Gasteiger partial charge in [-0.25, -0.2) is 0 Å². The van der Waals surface area contributed by atoms with Gasteiger partial charge in [-0.05, 0) is 30.0 Å². The second-order valence-corrected chi connectivity index (χ2v) is 6.54. The minimum absolute atomic E-state index is 0.197. The molecule has 2 aliphatic rings. The molecule has 1 amide bonds. The molecule has 118 valence electrons. The van der Waals surface area contributed by atoms with Crippen molar-refractivity contribution in [1.82, 2.24) is 4.90 Å². The van der Waals surface area contributed by atoms with E-state index < -0.39 is 0 Å². The average Bonchev–Trinajstić information content (AvgIpc) is 3.02. The van der Waals surface area contributed by atoms with Gasteiger partial charge in [0.05, 0.1) is 12.1 Å². The fourth-order valence-corrected chi connectivity index (χ4v) is 4.08. The van der Waals surface area contributed by atoms with E-state index in [-0.39, 0.29) is 6.04 Å². The Morgan fingerprint density at radius 1 is 0.957 bits per heavy atom. The van der Waals surface area contributed by atoms with Crippen LogP contribution in [0.2, 0.25) is 0 Å². The SMILES string of the molecule is CN1c2ccccc2C(N2CCCC2=O)CC1c1ccccc1. The first-order chi connectivity index (χ1) is 11.3. The van der Waals surface area contributed by atoms with E-state index in [2.05, 4.69) is 71.4 Å². The van der Waals surface area contributed by atoms with Gasteiger partial charge < -0.3 is 9.80 Å². The van der Waals surface area contributed by atoms with Crippen molar-refractivity contribution in [2.24, 2.45) is 0 Å². The molecule has 1 fully saturated rings. The van der Waals surface area contributed by atoms with Gasteiger partial charge in [-0.1, -0.05) is 48.5 Å². The summed E-state index contributed by atoms with van der Waals surface area (Å²) in [4.78, 5) is 16.8. The third-order valence-corrected chi connectivity index (χ3v) is 5.26. The molecule has 4 rings (SSSR count). The molecule has 2 aliphatic heterocycles. The summed E-state index contributed by atoms with van der Waals surface area (Å²) in [5, 5.41) is 0. The maximum Gasteiger partial charge on any atom is 0.223 e. The monoisotopic (exact) mass is 306 g/mol. The van der Waals surface area contributed by atoms with Crippen LogP contribution in [0, 0.1) is 0 Å². The van der Waals surface area contributed by atoms with Gasteiger partial charge in [0.2, 0.25) is 5.91 Å². The van der Waals surface area contributed by atoms with Crippen molar-refractivity contribution in [2.75, 3.05) is 18.5 Å². The summed E-state index contributed by atoms with van der Waals surface area (Å²) in [7, 11) is 2.17. The van der Waals surface area contributed by atoms with Gasteiger partial charge in [0, 0.05) is 25.7 Å². The number of carbonyl (C=O) groups is 1. The second-order valence-electron chi connectivity index (χ2n) is 6.54. The topological polar surface area (TPSA) is 23.6 Å². The predicted octanol–water partition coefficient (Wildman–Crippen LogP) is 3.93. The van der Waals surface area contributed by atoms with Gasteiger partial charge in [-0.15, -0.1) is 0 Å². The van der Waals surface area contributed by atoms with Crippen molar-refractivity contribution in [2.45, 2.75) is 31.3 Å². The van der Waals surface area contributed by atoms with Gasteiger partial charge >= 0.3 is 0 Å². The molecule has 2 atom stereocenters. The number of amides is 1. The zero-order valence-corrected chi connectivity index (χ0v) is 13.5. The standard InChI is InChI=1S/C20H22N2O/c1-21-17-11-6-5-10-16(17)19(22-13-7-12-20(22)23)14-18(21)15-8-3-2-4-9-15/h2-6,8-11,18-19H,7,12-14H2,1H3. The van der Waals surface area contributed by atoms with Crippen molar-refractivity contribution >= 4 is 11.6 Å². The molecule has 0 bridgehead atoms. The van der Waals surface area contributed by atoms with E-state index in [1.807, 2.05) is 0 Å². The first kappa shape index (κ1) is 14.3. The molecule has 1 saturated heterocycles. The van der Waals surface area contributed by atoms with Crippen LogP contribution in [-0.2, 0) is 4.79 Å². The molecule has 0 spiro atoms. The molecule has 2 aromatic carbocycles. The molecule has 0 saturated carbocycles. The number of nitrogens with zero attached hydrogens (tertiary/aromatic N) is 2. The van der Waals surface area contributed by atoms with E-state index in [9.17, 15) is 4.79 Å². The Morgan fingerprint density at radius 2 is 1.70 bits per heavy atom. The highest BCUT2D eigenvalue weighted by atomic mass is 16.2. The number of para-hydroxylation sites is 1. The number of hydrogen-bond donors (Lipinski definition) is 0. The van der Waals surface area contributed by atoms with E-state index in [0.717, 1.165) is 19.4 Å². The van der Waals surface area contributed by atoms with Gasteiger partial charge in [0.15, 0.2) is 0 Å². The molecule has 23 heavy (non-hydrogen) atoms. The number of fused-ring (bicyclic) bond motifs is 1. The smallest absolute Gasteiger partial charge is 0.223 e. The van der Waals surface area contributed by atoms with Crippen LogP contribution in [0.4, 0.5) is 5.69 Å². The lowest BCUT2D eigenvalue weighted by molar-refractivity contribution is -0.130. The first-order valence-electron chi connectivity index (χ1n) is 8.42. The molecule has 0 radical (unpaired) electrons.